The van der Waals surface area contributed by atoms with E-state index in [9.17, 15) is 29.4 Å². The van der Waals surface area contributed by atoms with Gasteiger partial charge in [0.15, 0.2) is 17.3 Å². The van der Waals surface area contributed by atoms with Crippen LogP contribution in [0.4, 0.5) is 0 Å². The van der Waals surface area contributed by atoms with Gasteiger partial charge < -0.3 is 24.1 Å². The molecule has 0 aliphatic heterocycles. The third-order valence-electron chi connectivity index (χ3n) is 4.05. The molecule has 154 valence electrons. The predicted molar refractivity (Wildman–Crippen MR) is 104 cm³/mol. The van der Waals surface area contributed by atoms with Crippen LogP contribution >= 0.6 is 0 Å². The van der Waals surface area contributed by atoms with E-state index in [2.05, 4.69) is 0 Å². The lowest BCUT2D eigenvalue weighted by Crippen LogP contribution is -2.16. The molecule has 2 N–H and O–H groups in total. The molecule has 3 aromatic rings. The second kappa shape index (κ2) is 7.70. The highest BCUT2D eigenvalue weighted by Gasteiger charge is 2.27. The number of phenols is 2. The van der Waals surface area contributed by atoms with Gasteiger partial charge in [0.25, 0.3) is 0 Å². The van der Waals surface area contributed by atoms with Crippen molar-refractivity contribution < 1.29 is 38.5 Å². The average molecular weight is 412 g/mol. The summed E-state index contributed by atoms with van der Waals surface area (Å²) in [6.07, 6.45) is 0. The summed E-state index contributed by atoms with van der Waals surface area (Å²) in [6, 6.07) is 6.53. The van der Waals surface area contributed by atoms with Crippen LogP contribution in [-0.2, 0) is 9.59 Å². The van der Waals surface area contributed by atoms with Crippen molar-refractivity contribution in [3.63, 3.8) is 0 Å². The number of Topliss-reactive ketones (excluding diaryl/α,β-unsaturated/α-hetero) is 1. The molecule has 0 aliphatic carbocycles. The van der Waals surface area contributed by atoms with Crippen LogP contribution in [-0.4, -0.2) is 27.9 Å². The molecule has 0 aliphatic rings. The Balaban J connectivity index is 2.49. The van der Waals surface area contributed by atoms with Crippen LogP contribution in [0.2, 0.25) is 0 Å². The summed E-state index contributed by atoms with van der Waals surface area (Å²) < 4.78 is 15.8. The smallest absolute Gasteiger partial charge is 0.308 e. The number of phenolic OH excluding ortho intramolecular Hbond substituents is 2. The zero-order valence-corrected chi connectivity index (χ0v) is 16.1. The van der Waals surface area contributed by atoms with Crippen molar-refractivity contribution >= 4 is 28.7 Å². The average Bonchev–Trinajstić information content (AvgIpc) is 2.63. The van der Waals surface area contributed by atoms with Crippen LogP contribution in [0.1, 0.15) is 31.1 Å². The minimum absolute atomic E-state index is 0.0446. The molecule has 1 heterocycles. The molecule has 0 saturated carbocycles. The number of hydrogen-bond donors (Lipinski definition) is 2. The third-order valence-corrected chi connectivity index (χ3v) is 4.05. The van der Waals surface area contributed by atoms with Crippen LogP contribution in [0.25, 0.3) is 22.3 Å². The van der Waals surface area contributed by atoms with Crippen molar-refractivity contribution in [2.75, 3.05) is 0 Å². The van der Waals surface area contributed by atoms with E-state index in [1.165, 1.54) is 24.3 Å². The van der Waals surface area contributed by atoms with Crippen molar-refractivity contribution in [1.29, 1.82) is 0 Å². The molecule has 0 saturated heterocycles. The third kappa shape index (κ3) is 3.72. The normalized spacial score (nSPS) is 10.6. The SMILES string of the molecule is CC(=O)Oc1c(-c2ccc(O)cc2)oc2cc(O)c(C(C)=O)c(OC(C)=O)c2c1=O. The van der Waals surface area contributed by atoms with Crippen LogP contribution in [0.15, 0.2) is 39.5 Å². The van der Waals surface area contributed by atoms with Gasteiger partial charge in [-0.1, -0.05) is 0 Å². The number of benzene rings is 2. The first-order chi connectivity index (χ1) is 14.1. The van der Waals surface area contributed by atoms with Gasteiger partial charge in [0.1, 0.15) is 28.0 Å². The molecule has 0 radical (unpaired) electrons. The zero-order valence-electron chi connectivity index (χ0n) is 16.1. The minimum atomic E-state index is -0.895. The summed E-state index contributed by atoms with van der Waals surface area (Å²) in [6.45, 7) is 3.25. The molecular formula is C21H16O9. The van der Waals surface area contributed by atoms with Crippen LogP contribution in [0.3, 0.4) is 0 Å². The van der Waals surface area contributed by atoms with Crippen molar-refractivity contribution in [1.82, 2.24) is 0 Å². The predicted octanol–water partition coefficient (Wildman–Crippen LogP) is 2.92. The first-order valence-corrected chi connectivity index (χ1v) is 8.64. The largest absolute Gasteiger partial charge is 0.508 e. The maximum absolute atomic E-state index is 13.2. The van der Waals surface area contributed by atoms with E-state index in [-0.39, 0.29) is 28.0 Å². The fourth-order valence-electron chi connectivity index (χ4n) is 2.92. The first-order valence-electron chi connectivity index (χ1n) is 8.64. The van der Waals surface area contributed by atoms with Crippen molar-refractivity contribution in [2.45, 2.75) is 20.8 Å². The Labute approximate surface area is 169 Å². The Morgan fingerprint density at radius 1 is 0.900 bits per heavy atom. The Bertz CT molecular complexity index is 1250. The van der Waals surface area contributed by atoms with Gasteiger partial charge in [0, 0.05) is 25.5 Å². The Morgan fingerprint density at radius 3 is 2.00 bits per heavy atom. The van der Waals surface area contributed by atoms with Gasteiger partial charge in [-0.25, -0.2) is 0 Å². The summed E-state index contributed by atoms with van der Waals surface area (Å²) in [5.74, 6) is -4.10. The lowest BCUT2D eigenvalue weighted by molar-refractivity contribution is -0.133. The van der Waals surface area contributed by atoms with Gasteiger partial charge in [0.2, 0.25) is 11.2 Å². The molecule has 0 spiro atoms. The van der Waals surface area contributed by atoms with E-state index in [0.29, 0.717) is 0 Å². The molecule has 9 heteroatoms. The van der Waals surface area contributed by atoms with Crippen molar-refractivity contribution in [2.24, 2.45) is 0 Å². The van der Waals surface area contributed by atoms with E-state index in [1.54, 1.807) is 0 Å². The fraction of sp³-hybridized carbons (Fsp3) is 0.143. The molecule has 0 unspecified atom stereocenters. The topological polar surface area (TPSA) is 140 Å². The molecule has 9 nitrogen and oxygen atoms in total. The quantitative estimate of drug-likeness (QED) is 0.376. The summed E-state index contributed by atoms with van der Waals surface area (Å²) in [5.41, 5.74) is -1.21. The van der Waals surface area contributed by atoms with Crippen molar-refractivity contribution in [3.8, 4) is 34.3 Å². The second-order valence-corrected chi connectivity index (χ2v) is 6.35. The molecule has 3 rings (SSSR count). The monoisotopic (exact) mass is 412 g/mol. The lowest BCUT2D eigenvalue weighted by Gasteiger charge is -2.14. The number of esters is 2. The molecule has 2 aromatic carbocycles. The summed E-state index contributed by atoms with van der Waals surface area (Å²) in [5, 5.41) is 19.4. The van der Waals surface area contributed by atoms with Crippen LogP contribution in [0, 0.1) is 0 Å². The minimum Gasteiger partial charge on any atom is -0.508 e. The molecule has 0 bridgehead atoms. The number of hydrogen-bond acceptors (Lipinski definition) is 9. The fourth-order valence-corrected chi connectivity index (χ4v) is 2.92. The number of rotatable bonds is 4. The Kier molecular flexibility index (Phi) is 5.29. The maximum atomic E-state index is 13.2. The standard InChI is InChI=1S/C21H16O9/c1-9(22)16-14(26)8-15-17(20(16)28-10(2)23)18(27)21(29-11(3)24)19(30-15)12-4-6-13(25)7-5-12/h4-8,25-26H,1-3H3. The molecule has 30 heavy (non-hydrogen) atoms. The highest BCUT2D eigenvalue weighted by atomic mass is 16.5. The van der Waals surface area contributed by atoms with Gasteiger partial charge in [-0.15, -0.1) is 0 Å². The van der Waals surface area contributed by atoms with Gasteiger partial charge in [-0.2, -0.15) is 0 Å². The van der Waals surface area contributed by atoms with Gasteiger partial charge in [-0.05, 0) is 31.2 Å². The van der Waals surface area contributed by atoms with Gasteiger partial charge in [-0.3, -0.25) is 19.2 Å². The molecular weight excluding hydrogens is 396 g/mol. The van der Waals surface area contributed by atoms with E-state index < -0.39 is 46.0 Å². The Hall–Kier alpha value is -4.14. The van der Waals surface area contributed by atoms with E-state index in [1.807, 2.05) is 0 Å². The second-order valence-electron chi connectivity index (χ2n) is 6.35. The summed E-state index contributed by atoms with van der Waals surface area (Å²) in [7, 11) is 0. The number of carbonyl (C=O) groups excluding carboxylic acids is 3. The number of ketones is 1. The van der Waals surface area contributed by atoms with Crippen LogP contribution < -0.4 is 14.9 Å². The highest BCUT2D eigenvalue weighted by Crippen LogP contribution is 2.40. The maximum Gasteiger partial charge on any atom is 0.308 e. The van der Waals surface area contributed by atoms with Gasteiger partial charge >= 0.3 is 11.9 Å². The van der Waals surface area contributed by atoms with E-state index in [0.717, 1.165) is 26.8 Å². The Morgan fingerprint density at radius 2 is 1.47 bits per heavy atom. The molecule has 0 amide bonds. The highest BCUT2D eigenvalue weighted by molar-refractivity contribution is 6.06. The van der Waals surface area contributed by atoms with Crippen molar-refractivity contribution in [3.05, 3.63) is 46.1 Å². The number of aromatic hydroxyl groups is 2. The van der Waals surface area contributed by atoms with Crippen LogP contribution in [0.5, 0.6) is 23.0 Å². The number of carbonyl (C=O) groups is 3. The first kappa shape index (κ1) is 20.6. The summed E-state index contributed by atoms with van der Waals surface area (Å²) in [4.78, 5) is 48.4. The van der Waals surface area contributed by atoms with Gasteiger partial charge in [0.05, 0.1) is 0 Å². The lowest BCUT2D eigenvalue weighted by atomic mass is 10.0. The summed E-state index contributed by atoms with van der Waals surface area (Å²) >= 11 is 0. The van der Waals surface area contributed by atoms with E-state index in [4.69, 9.17) is 13.9 Å². The molecule has 0 atom stereocenters. The van der Waals surface area contributed by atoms with E-state index >= 15 is 0 Å². The zero-order chi connectivity index (χ0) is 22.2. The molecule has 1 aromatic heterocycles. The molecule has 0 fully saturated rings. The number of ether oxygens (including phenoxy) is 2. The number of fused-ring (bicyclic) bond motifs is 1.